The molecule has 0 unspecified atom stereocenters. The highest BCUT2D eigenvalue weighted by Gasteiger charge is 2.13. The predicted octanol–water partition coefficient (Wildman–Crippen LogP) is 2.70. The van der Waals surface area contributed by atoms with Gasteiger partial charge in [-0.3, -0.25) is 0 Å². The van der Waals surface area contributed by atoms with Crippen LogP contribution in [0.2, 0.25) is 5.02 Å². The van der Waals surface area contributed by atoms with Crippen molar-refractivity contribution in [2.75, 3.05) is 7.11 Å². The average molecular weight is 254 g/mol. The van der Waals surface area contributed by atoms with Crippen LogP contribution in [0.3, 0.4) is 0 Å². The van der Waals surface area contributed by atoms with Crippen LogP contribution in [0, 0.1) is 0 Å². The summed E-state index contributed by atoms with van der Waals surface area (Å²) in [6.45, 7) is 0. The van der Waals surface area contributed by atoms with Gasteiger partial charge in [-0.15, -0.1) is 0 Å². The highest BCUT2D eigenvalue weighted by Crippen LogP contribution is 2.30. The Labute approximate surface area is 102 Å². The summed E-state index contributed by atoms with van der Waals surface area (Å²) >= 11 is 5.95. The van der Waals surface area contributed by atoms with Crippen molar-refractivity contribution >= 4 is 17.6 Å². The quantitative estimate of drug-likeness (QED) is 0.910. The minimum atomic E-state index is -1.14. The van der Waals surface area contributed by atoms with E-state index in [9.17, 15) is 4.79 Å². The number of rotatable bonds is 3. The summed E-state index contributed by atoms with van der Waals surface area (Å²) in [4.78, 5) is 10.6. The Balaban J connectivity index is 2.39. The van der Waals surface area contributed by atoms with E-state index in [2.05, 4.69) is 5.16 Å². The van der Waals surface area contributed by atoms with Gasteiger partial charge in [0.2, 0.25) is 0 Å². The van der Waals surface area contributed by atoms with Crippen LogP contribution in [0.1, 0.15) is 10.5 Å². The van der Waals surface area contributed by atoms with Gasteiger partial charge in [-0.25, -0.2) is 4.79 Å². The Morgan fingerprint density at radius 2 is 2.24 bits per heavy atom. The zero-order valence-electron chi connectivity index (χ0n) is 8.81. The number of carboxylic acids is 1. The van der Waals surface area contributed by atoms with Crippen LogP contribution >= 0.6 is 11.6 Å². The SMILES string of the molecule is COc1ccc(-c2cc(C(=O)O)no2)cc1Cl. The van der Waals surface area contributed by atoms with E-state index < -0.39 is 5.97 Å². The standard InChI is InChI=1S/C11H8ClNO4/c1-16-9-3-2-6(4-7(9)12)10-5-8(11(14)15)13-17-10/h2-5H,1H3,(H,14,15). The highest BCUT2D eigenvalue weighted by atomic mass is 35.5. The van der Waals surface area contributed by atoms with E-state index in [1.54, 1.807) is 18.2 Å². The van der Waals surface area contributed by atoms with Gasteiger partial charge in [-0.1, -0.05) is 16.8 Å². The monoisotopic (exact) mass is 253 g/mol. The minimum Gasteiger partial charge on any atom is -0.495 e. The molecule has 88 valence electrons. The first kappa shape index (κ1) is 11.5. The van der Waals surface area contributed by atoms with Gasteiger partial charge in [-0.2, -0.15) is 0 Å². The summed E-state index contributed by atoms with van der Waals surface area (Å²) in [5.74, 6) is -0.264. The first-order chi connectivity index (χ1) is 8.11. The molecular weight excluding hydrogens is 246 g/mol. The molecule has 1 aromatic carbocycles. The molecular formula is C11H8ClNO4. The third-order valence-corrected chi connectivity index (χ3v) is 2.46. The van der Waals surface area contributed by atoms with E-state index in [1.165, 1.54) is 13.2 Å². The topological polar surface area (TPSA) is 72.6 Å². The summed E-state index contributed by atoms with van der Waals surface area (Å²) in [6, 6.07) is 6.32. The van der Waals surface area contributed by atoms with Crippen LogP contribution in [0.4, 0.5) is 0 Å². The summed E-state index contributed by atoms with van der Waals surface area (Å²) in [7, 11) is 1.51. The molecule has 0 saturated carbocycles. The van der Waals surface area contributed by atoms with Gasteiger partial charge in [0.25, 0.3) is 0 Å². The fourth-order valence-electron chi connectivity index (χ4n) is 1.33. The van der Waals surface area contributed by atoms with Crippen LogP contribution in [0.25, 0.3) is 11.3 Å². The second-order valence-electron chi connectivity index (χ2n) is 3.23. The largest absolute Gasteiger partial charge is 0.495 e. The molecule has 1 aromatic heterocycles. The number of hydrogen-bond acceptors (Lipinski definition) is 4. The number of carbonyl (C=O) groups is 1. The van der Waals surface area contributed by atoms with Gasteiger partial charge in [0, 0.05) is 11.6 Å². The number of methoxy groups -OCH3 is 1. The molecule has 0 aliphatic carbocycles. The average Bonchev–Trinajstić information content (AvgIpc) is 2.78. The zero-order chi connectivity index (χ0) is 12.4. The van der Waals surface area contributed by atoms with E-state index in [4.69, 9.17) is 26.0 Å². The van der Waals surface area contributed by atoms with Gasteiger partial charge >= 0.3 is 5.97 Å². The maximum atomic E-state index is 10.6. The zero-order valence-corrected chi connectivity index (χ0v) is 9.56. The van der Waals surface area contributed by atoms with E-state index in [1.807, 2.05) is 0 Å². The Morgan fingerprint density at radius 3 is 2.76 bits per heavy atom. The summed E-state index contributed by atoms with van der Waals surface area (Å²) in [5.41, 5.74) is 0.489. The van der Waals surface area contributed by atoms with E-state index >= 15 is 0 Å². The first-order valence-electron chi connectivity index (χ1n) is 4.65. The number of aromatic carboxylic acids is 1. The summed E-state index contributed by atoms with van der Waals surface area (Å²) in [6.07, 6.45) is 0. The molecule has 17 heavy (non-hydrogen) atoms. The maximum absolute atomic E-state index is 10.6. The normalized spacial score (nSPS) is 10.2. The lowest BCUT2D eigenvalue weighted by atomic mass is 10.1. The van der Waals surface area contributed by atoms with Gasteiger partial charge < -0.3 is 14.4 Å². The lowest BCUT2D eigenvalue weighted by molar-refractivity contribution is 0.0686. The Morgan fingerprint density at radius 1 is 1.47 bits per heavy atom. The molecule has 0 radical (unpaired) electrons. The fourth-order valence-corrected chi connectivity index (χ4v) is 1.59. The molecule has 0 spiro atoms. The predicted molar refractivity (Wildman–Crippen MR) is 60.5 cm³/mol. The molecule has 0 bridgehead atoms. The third kappa shape index (κ3) is 2.24. The first-order valence-corrected chi connectivity index (χ1v) is 5.03. The lowest BCUT2D eigenvalue weighted by Crippen LogP contribution is -1.94. The molecule has 0 aliphatic rings. The second kappa shape index (κ2) is 4.47. The van der Waals surface area contributed by atoms with E-state index in [0.717, 1.165) is 0 Å². The Kier molecular flexibility index (Phi) is 3.01. The van der Waals surface area contributed by atoms with Crippen molar-refractivity contribution in [2.24, 2.45) is 0 Å². The Hall–Kier alpha value is -2.01. The fraction of sp³-hybridized carbons (Fsp3) is 0.0909. The van der Waals surface area contributed by atoms with Crippen molar-refractivity contribution in [3.63, 3.8) is 0 Å². The molecule has 0 amide bonds. The van der Waals surface area contributed by atoms with Crippen molar-refractivity contribution in [1.82, 2.24) is 5.16 Å². The van der Waals surface area contributed by atoms with Crippen LogP contribution in [0.15, 0.2) is 28.8 Å². The van der Waals surface area contributed by atoms with Gasteiger partial charge in [0.1, 0.15) is 5.75 Å². The molecule has 0 saturated heterocycles. The van der Waals surface area contributed by atoms with Crippen molar-refractivity contribution in [3.05, 3.63) is 35.0 Å². The van der Waals surface area contributed by atoms with Gasteiger partial charge in [0.15, 0.2) is 11.5 Å². The number of ether oxygens (including phenoxy) is 1. The summed E-state index contributed by atoms with van der Waals surface area (Å²) < 4.78 is 9.92. The number of benzene rings is 1. The molecule has 1 heterocycles. The number of aromatic nitrogens is 1. The highest BCUT2D eigenvalue weighted by molar-refractivity contribution is 6.32. The van der Waals surface area contributed by atoms with E-state index in [-0.39, 0.29) is 5.69 Å². The maximum Gasteiger partial charge on any atom is 0.358 e. The van der Waals surface area contributed by atoms with Crippen LogP contribution in [-0.2, 0) is 0 Å². The molecule has 1 N–H and O–H groups in total. The van der Waals surface area contributed by atoms with Crippen LogP contribution < -0.4 is 4.74 Å². The van der Waals surface area contributed by atoms with Crippen molar-refractivity contribution in [1.29, 1.82) is 0 Å². The lowest BCUT2D eigenvalue weighted by Gasteiger charge is -2.03. The van der Waals surface area contributed by atoms with E-state index in [0.29, 0.717) is 22.1 Å². The molecule has 0 atom stereocenters. The van der Waals surface area contributed by atoms with Gasteiger partial charge in [-0.05, 0) is 18.2 Å². The number of nitrogens with zero attached hydrogens (tertiary/aromatic N) is 1. The van der Waals surface area contributed by atoms with Crippen molar-refractivity contribution in [2.45, 2.75) is 0 Å². The number of carboxylic acid groups (broad SMARTS) is 1. The number of hydrogen-bond donors (Lipinski definition) is 1. The molecule has 5 nitrogen and oxygen atoms in total. The minimum absolute atomic E-state index is 0.146. The van der Waals surface area contributed by atoms with Crippen molar-refractivity contribution in [3.8, 4) is 17.1 Å². The van der Waals surface area contributed by atoms with Crippen LogP contribution in [0.5, 0.6) is 5.75 Å². The molecule has 2 rings (SSSR count). The van der Waals surface area contributed by atoms with Crippen molar-refractivity contribution < 1.29 is 19.2 Å². The third-order valence-electron chi connectivity index (χ3n) is 2.17. The Bertz CT molecular complexity index is 564. The second-order valence-corrected chi connectivity index (χ2v) is 3.64. The smallest absolute Gasteiger partial charge is 0.358 e. The number of halogens is 1. The van der Waals surface area contributed by atoms with Gasteiger partial charge in [0.05, 0.1) is 12.1 Å². The van der Waals surface area contributed by atoms with Crippen LogP contribution in [-0.4, -0.2) is 23.3 Å². The molecule has 2 aromatic rings. The molecule has 0 aliphatic heterocycles. The summed E-state index contributed by atoms with van der Waals surface area (Å²) in [5, 5.41) is 12.5. The molecule has 0 fully saturated rings. The molecule has 6 heteroatoms.